The van der Waals surface area contributed by atoms with E-state index in [0.717, 1.165) is 11.4 Å². The van der Waals surface area contributed by atoms with Crippen molar-refractivity contribution in [3.63, 3.8) is 0 Å². The molecule has 5 nitrogen and oxygen atoms in total. The quantitative estimate of drug-likeness (QED) is 0.798. The summed E-state index contributed by atoms with van der Waals surface area (Å²) in [5.74, 6) is 0.798. The molecule has 114 valence electrons. The average molecular weight is 297 g/mol. The SMILES string of the molecule is COCCNc1nc(C)cn1-c1ccc(OC(F)F)cc1. The first-order chi connectivity index (χ1) is 10.1. The van der Waals surface area contributed by atoms with E-state index in [9.17, 15) is 8.78 Å². The molecule has 0 unspecified atom stereocenters. The van der Waals surface area contributed by atoms with Crippen LogP contribution in [-0.2, 0) is 4.74 Å². The van der Waals surface area contributed by atoms with Crippen LogP contribution < -0.4 is 10.1 Å². The molecule has 0 aliphatic rings. The molecule has 7 heteroatoms. The zero-order valence-electron chi connectivity index (χ0n) is 11.8. The summed E-state index contributed by atoms with van der Waals surface area (Å²) in [5.41, 5.74) is 1.65. The molecular weight excluding hydrogens is 280 g/mol. The van der Waals surface area contributed by atoms with Crippen molar-refractivity contribution in [3.05, 3.63) is 36.2 Å². The van der Waals surface area contributed by atoms with Gasteiger partial charge in [-0.2, -0.15) is 8.78 Å². The molecule has 21 heavy (non-hydrogen) atoms. The van der Waals surface area contributed by atoms with Crippen molar-refractivity contribution < 1.29 is 18.3 Å². The molecule has 0 aliphatic carbocycles. The van der Waals surface area contributed by atoms with Crippen molar-refractivity contribution in [3.8, 4) is 11.4 Å². The molecule has 1 aromatic heterocycles. The van der Waals surface area contributed by atoms with E-state index >= 15 is 0 Å². The van der Waals surface area contributed by atoms with E-state index in [1.807, 2.05) is 17.7 Å². The van der Waals surface area contributed by atoms with E-state index in [1.54, 1.807) is 19.2 Å². The van der Waals surface area contributed by atoms with Gasteiger partial charge in [-0.25, -0.2) is 4.98 Å². The van der Waals surface area contributed by atoms with Crippen LogP contribution in [0.3, 0.4) is 0 Å². The van der Waals surface area contributed by atoms with Crippen molar-refractivity contribution in [2.75, 3.05) is 25.6 Å². The third kappa shape index (κ3) is 4.16. The van der Waals surface area contributed by atoms with E-state index in [-0.39, 0.29) is 5.75 Å². The van der Waals surface area contributed by atoms with Gasteiger partial charge < -0.3 is 14.8 Å². The number of halogens is 2. The van der Waals surface area contributed by atoms with Gasteiger partial charge in [-0.05, 0) is 31.2 Å². The Morgan fingerprint density at radius 2 is 2.00 bits per heavy atom. The number of aryl methyl sites for hydroxylation is 1. The number of rotatable bonds is 7. The summed E-state index contributed by atoms with van der Waals surface area (Å²) in [7, 11) is 1.63. The molecule has 2 rings (SSSR count). The number of aromatic nitrogens is 2. The molecule has 0 fully saturated rings. The number of imidazole rings is 1. The molecule has 1 heterocycles. The highest BCUT2D eigenvalue weighted by molar-refractivity contribution is 5.45. The Morgan fingerprint density at radius 3 is 2.62 bits per heavy atom. The Balaban J connectivity index is 2.16. The fourth-order valence-corrected chi connectivity index (χ4v) is 1.87. The van der Waals surface area contributed by atoms with Crippen LogP contribution in [0, 0.1) is 6.92 Å². The molecule has 0 saturated carbocycles. The third-order valence-electron chi connectivity index (χ3n) is 2.76. The van der Waals surface area contributed by atoms with Crippen molar-refractivity contribution >= 4 is 5.95 Å². The van der Waals surface area contributed by atoms with Gasteiger partial charge in [0.05, 0.1) is 12.3 Å². The first-order valence-corrected chi connectivity index (χ1v) is 6.44. The van der Waals surface area contributed by atoms with Gasteiger partial charge in [0, 0.05) is 25.5 Å². The number of anilines is 1. The number of benzene rings is 1. The normalized spacial score (nSPS) is 10.9. The number of alkyl halides is 2. The molecule has 0 saturated heterocycles. The topological polar surface area (TPSA) is 48.3 Å². The lowest BCUT2D eigenvalue weighted by atomic mass is 10.3. The predicted octanol–water partition coefficient (Wildman–Crippen LogP) is 2.84. The van der Waals surface area contributed by atoms with Gasteiger partial charge in [0.15, 0.2) is 0 Å². The maximum Gasteiger partial charge on any atom is 0.387 e. The molecular formula is C14H17F2N3O2. The highest BCUT2D eigenvalue weighted by Crippen LogP contribution is 2.20. The average Bonchev–Trinajstić information content (AvgIpc) is 2.80. The number of methoxy groups -OCH3 is 1. The second-order valence-electron chi connectivity index (χ2n) is 4.37. The molecule has 0 aliphatic heterocycles. The molecule has 0 radical (unpaired) electrons. The summed E-state index contributed by atoms with van der Waals surface area (Å²) < 4.78 is 35.4. The van der Waals surface area contributed by atoms with Crippen molar-refractivity contribution in [2.24, 2.45) is 0 Å². The largest absolute Gasteiger partial charge is 0.435 e. The fourth-order valence-electron chi connectivity index (χ4n) is 1.87. The van der Waals surface area contributed by atoms with E-state index in [0.29, 0.717) is 19.1 Å². The molecule has 0 amide bonds. The Kier molecular flexibility index (Phi) is 5.10. The molecule has 0 atom stereocenters. The molecule has 1 N–H and O–H groups in total. The van der Waals surface area contributed by atoms with Crippen molar-refractivity contribution in [1.82, 2.24) is 9.55 Å². The minimum atomic E-state index is -2.82. The molecule has 1 aromatic carbocycles. The second-order valence-corrected chi connectivity index (χ2v) is 4.37. The third-order valence-corrected chi connectivity index (χ3v) is 2.76. The summed E-state index contributed by atoms with van der Waals surface area (Å²) in [6.07, 6.45) is 1.86. The lowest BCUT2D eigenvalue weighted by Gasteiger charge is -2.10. The van der Waals surface area contributed by atoms with Crippen LogP contribution in [0.25, 0.3) is 5.69 Å². The van der Waals surface area contributed by atoms with E-state index in [2.05, 4.69) is 15.0 Å². The summed E-state index contributed by atoms with van der Waals surface area (Å²) in [4.78, 5) is 4.37. The number of ether oxygens (including phenoxy) is 2. The molecule has 0 bridgehead atoms. The minimum absolute atomic E-state index is 0.125. The van der Waals surface area contributed by atoms with Crippen LogP contribution in [0.4, 0.5) is 14.7 Å². The highest BCUT2D eigenvalue weighted by Gasteiger charge is 2.08. The Hall–Kier alpha value is -2.15. The number of hydrogen-bond donors (Lipinski definition) is 1. The summed E-state index contributed by atoms with van der Waals surface area (Å²) >= 11 is 0. The maximum atomic E-state index is 12.1. The minimum Gasteiger partial charge on any atom is -0.435 e. The number of hydrogen-bond acceptors (Lipinski definition) is 4. The van der Waals surface area contributed by atoms with Crippen LogP contribution in [0.2, 0.25) is 0 Å². The van der Waals surface area contributed by atoms with Gasteiger partial charge in [0.1, 0.15) is 5.75 Å². The van der Waals surface area contributed by atoms with Crippen LogP contribution in [0.15, 0.2) is 30.5 Å². The van der Waals surface area contributed by atoms with Gasteiger partial charge >= 0.3 is 6.61 Å². The highest BCUT2D eigenvalue weighted by atomic mass is 19.3. The van der Waals surface area contributed by atoms with Crippen LogP contribution in [-0.4, -0.2) is 36.4 Å². The second kappa shape index (κ2) is 7.03. The maximum absolute atomic E-state index is 12.1. The van der Waals surface area contributed by atoms with Crippen LogP contribution in [0.1, 0.15) is 5.69 Å². The summed E-state index contributed by atoms with van der Waals surface area (Å²) in [6, 6.07) is 6.38. The van der Waals surface area contributed by atoms with Gasteiger partial charge in [0.25, 0.3) is 0 Å². The van der Waals surface area contributed by atoms with E-state index in [4.69, 9.17) is 4.74 Å². The molecule has 2 aromatic rings. The van der Waals surface area contributed by atoms with Gasteiger partial charge in [0.2, 0.25) is 5.95 Å². The predicted molar refractivity (Wildman–Crippen MR) is 75.3 cm³/mol. The van der Waals surface area contributed by atoms with Crippen LogP contribution in [0.5, 0.6) is 5.75 Å². The molecule has 0 spiro atoms. The lowest BCUT2D eigenvalue weighted by Crippen LogP contribution is -2.11. The first-order valence-electron chi connectivity index (χ1n) is 6.44. The van der Waals surface area contributed by atoms with Crippen molar-refractivity contribution in [2.45, 2.75) is 13.5 Å². The lowest BCUT2D eigenvalue weighted by molar-refractivity contribution is -0.0498. The standard InChI is InChI=1S/C14H17F2N3O2/c1-10-9-19(14(18-10)17-7-8-20-2)11-3-5-12(6-4-11)21-13(15)16/h3-6,9,13H,7-8H2,1-2H3,(H,17,18). The van der Waals surface area contributed by atoms with E-state index in [1.165, 1.54) is 12.1 Å². The zero-order valence-corrected chi connectivity index (χ0v) is 11.8. The van der Waals surface area contributed by atoms with E-state index < -0.39 is 6.61 Å². The van der Waals surface area contributed by atoms with Crippen molar-refractivity contribution in [1.29, 1.82) is 0 Å². The Bertz CT molecular complexity index is 570. The van der Waals surface area contributed by atoms with Gasteiger partial charge in [-0.1, -0.05) is 0 Å². The van der Waals surface area contributed by atoms with Gasteiger partial charge in [-0.3, -0.25) is 4.57 Å². The smallest absolute Gasteiger partial charge is 0.387 e. The summed E-state index contributed by atoms with van der Waals surface area (Å²) in [5, 5.41) is 3.16. The summed E-state index contributed by atoms with van der Waals surface area (Å²) in [6.45, 7) is 0.247. The van der Waals surface area contributed by atoms with Gasteiger partial charge in [-0.15, -0.1) is 0 Å². The Morgan fingerprint density at radius 1 is 1.29 bits per heavy atom. The fraction of sp³-hybridized carbons (Fsp3) is 0.357. The number of nitrogens with one attached hydrogen (secondary N) is 1. The Labute approximate surface area is 121 Å². The monoisotopic (exact) mass is 297 g/mol. The zero-order chi connectivity index (χ0) is 15.2. The van der Waals surface area contributed by atoms with Crippen LogP contribution >= 0.6 is 0 Å². The number of nitrogens with zero attached hydrogens (tertiary/aromatic N) is 2. The first kappa shape index (κ1) is 15.2.